The number of para-hydroxylation sites is 1. The molecule has 0 aliphatic heterocycles. The van der Waals surface area contributed by atoms with Crippen molar-refractivity contribution < 1.29 is 14.0 Å². The third-order valence-electron chi connectivity index (χ3n) is 2.97. The molecule has 0 unspecified atom stereocenters. The zero-order valence-electron chi connectivity index (χ0n) is 12.4. The molecule has 0 bridgehead atoms. The highest BCUT2D eigenvalue weighted by molar-refractivity contribution is 6.08. The van der Waals surface area contributed by atoms with Gasteiger partial charge in [0, 0.05) is 5.69 Å². The molecule has 22 heavy (non-hydrogen) atoms. The minimum Gasteiger partial charge on any atom is -0.326 e. The Balaban J connectivity index is 1.94. The Morgan fingerprint density at radius 3 is 2.18 bits per heavy atom. The van der Waals surface area contributed by atoms with Gasteiger partial charge in [0.25, 0.3) is 0 Å². The van der Waals surface area contributed by atoms with Crippen molar-refractivity contribution in [1.29, 1.82) is 0 Å². The first-order chi connectivity index (χ1) is 10.4. The number of hydrogen-bond donors (Lipinski definition) is 2. The van der Waals surface area contributed by atoms with Crippen molar-refractivity contribution in [3.8, 4) is 0 Å². The topological polar surface area (TPSA) is 58.2 Å². The monoisotopic (exact) mass is 300 g/mol. The first kappa shape index (κ1) is 15.7. The maximum Gasteiger partial charge on any atom is 0.233 e. The van der Waals surface area contributed by atoms with E-state index in [1.165, 1.54) is 18.2 Å². The van der Waals surface area contributed by atoms with E-state index in [1.807, 2.05) is 32.0 Å². The molecule has 0 atom stereocenters. The molecule has 5 heteroatoms. The van der Waals surface area contributed by atoms with Gasteiger partial charge in [0.05, 0.1) is 5.69 Å². The van der Waals surface area contributed by atoms with Crippen LogP contribution in [0, 0.1) is 19.7 Å². The Bertz CT molecular complexity index is 693. The average Bonchev–Trinajstić information content (AvgIpc) is 2.39. The van der Waals surface area contributed by atoms with E-state index >= 15 is 0 Å². The lowest BCUT2D eigenvalue weighted by atomic mass is 10.1. The summed E-state index contributed by atoms with van der Waals surface area (Å²) in [5.41, 5.74) is 2.74. The van der Waals surface area contributed by atoms with E-state index in [4.69, 9.17) is 0 Å². The quantitative estimate of drug-likeness (QED) is 0.850. The molecule has 0 aliphatic rings. The first-order valence-electron chi connectivity index (χ1n) is 6.86. The second-order valence-electron chi connectivity index (χ2n) is 5.13. The summed E-state index contributed by atoms with van der Waals surface area (Å²) in [7, 11) is 0. The van der Waals surface area contributed by atoms with E-state index in [0.29, 0.717) is 5.69 Å². The van der Waals surface area contributed by atoms with Gasteiger partial charge in [0.2, 0.25) is 11.8 Å². The minimum absolute atomic E-state index is 0.0618. The van der Waals surface area contributed by atoms with Gasteiger partial charge in [-0.3, -0.25) is 9.59 Å². The highest BCUT2D eigenvalue weighted by atomic mass is 19.1. The predicted molar refractivity (Wildman–Crippen MR) is 84.2 cm³/mol. The lowest BCUT2D eigenvalue weighted by Gasteiger charge is -2.08. The van der Waals surface area contributed by atoms with Crippen LogP contribution < -0.4 is 10.6 Å². The van der Waals surface area contributed by atoms with Gasteiger partial charge < -0.3 is 10.6 Å². The molecule has 0 radical (unpaired) electrons. The Hall–Kier alpha value is -2.69. The van der Waals surface area contributed by atoms with E-state index in [9.17, 15) is 14.0 Å². The Morgan fingerprint density at radius 2 is 1.55 bits per heavy atom. The molecular weight excluding hydrogens is 283 g/mol. The number of hydrogen-bond acceptors (Lipinski definition) is 2. The maximum atomic E-state index is 13.4. The fraction of sp³-hybridized carbons (Fsp3) is 0.176. The smallest absolute Gasteiger partial charge is 0.233 e. The van der Waals surface area contributed by atoms with Crippen LogP contribution in [0.25, 0.3) is 0 Å². The molecule has 0 saturated carbocycles. The number of nitrogens with one attached hydrogen (secondary N) is 2. The fourth-order valence-corrected chi connectivity index (χ4v) is 2.15. The van der Waals surface area contributed by atoms with Gasteiger partial charge in [0.15, 0.2) is 0 Å². The number of halogens is 1. The molecular formula is C17H17FN2O2. The van der Waals surface area contributed by atoms with E-state index < -0.39 is 17.6 Å². The second kappa shape index (κ2) is 6.85. The molecule has 2 aromatic rings. The summed E-state index contributed by atoms with van der Waals surface area (Å²) >= 11 is 0. The molecule has 0 saturated heterocycles. The van der Waals surface area contributed by atoms with Crippen LogP contribution in [-0.4, -0.2) is 11.8 Å². The summed E-state index contributed by atoms with van der Waals surface area (Å²) in [6.45, 7) is 3.85. The second-order valence-corrected chi connectivity index (χ2v) is 5.13. The number of carbonyl (C=O) groups excluding carboxylic acids is 2. The van der Waals surface area contributed by atoms with Crippen LogP contribution in [-0.2, 0) is 9.59 Å². The van der Waals surface area contributed by atoms with Crippen LogP contribution in [0.2, 0.25) is 0 Å². The van der Waals surface area contributed by atoms with Gasteiger partial charge >= 0.3 is 0 Å². The molecule has 0 spiro atoms. The predicted octanol–water partition coefficient (Wildman–Crippen LogP) is 3.41. The number of carbonyl (C=O) groups is 2. The third kappa shape index (κ3) is 4.41. The average molecular weight is 300 g/mol. The summed E-state index contributed by atoms with van der Waals surface area (Å²) in [5, 5.41) is 5.04. The van der Waals surface area contributed by atoms with Crippen molar-refractivity contribution >= 4 is 23.2 Å². The van der Waals surface area contributed by atoms with Gasteiger partial charge in [-0.25, -0.2) is 4.39 Å². The third-order valence-corrected chi connectivity index (χ3v) is 2.97. The van der Waals surface area contributed by atoms with E-state index in [0.717, 1.165) is 11.1 Å². The summed E-state index contributed by atoms with van der Waals surface area (Å²) < 4.78 is 13.4. The van der Waals surface area contributed by atoms with Crippen LogP contribution in [0.4, 0.5) is 15.8 Å². The Labute approximate surface area is 128 Å². The molecule has 2 amide bonds. The van der Waals surface area contributed by atoms with E-state index in [-0.39, 0.29) is 12.1 Å². The number of aryl methyl sites for hydroxylation is 2. The van der Waals surface area contributed by atoms with Crippen molar-refractivity contribution in [2.75, 3.05) is 10.6 Å². The molecule has 2 aromatic carbocycles. The van der Waals surface area contributed by atoms with Crippen LogP contribution in [0.1, 0.15) is 17.5 Å². The Morgan fingerprint density at radius 1 is 0.955 bits per heavy atom. The zero-order chi connectivity index (χ0) is 16.1. The van der Waals surface area contributed by atoms with Crippen LogP contribution >= 0.6 is 0 Å². The van der Waals surface area contributed by atoms with E-state index in [1.54, 1.807) is 6.07 Å². The van der Waals surface area contributed by atoms with Gasteiger partial charge in [-0.05, 0) is 49.2 Å². The normalized spacial score (nSPS) is 10.1. The summed E-state index contributed by atoms with van der Waals surface area (Å²) in [4.78, 5) is 23.6. The largest absolute Gasteiger partial charge is 0.326 e. The molecule has 4 nitrogen and oxygen atoms in total. The summed E-state index contributed by atoms with van der Waals surface area (Å²) in [6, 6.07) is 11.4. The Kier molecular flexibility index (Phi) is 4.88. The summed E-state index contributed by atoms with van der Waals surface area (Å²) in [6.07, 6.45) is -0.374. The number of amides is 2. The van der Waals surface area contributed by atoms with Gasteiger partial charge in [-0.1, -0.05) is 18.2 Å². The van der Waals surface area contributed by atoms with Crippen molar-refractivity contribution in [3.05, 3.63) is 59.4 Å². The zero-order valence-corrected chi connectivity index (χ0v) is 12.4. The SMILES string of the molecule is Cc1cc(C)cc(NC(=O)CC(=O)Nc2ccccc2F)c1. The summed E-state index contributed by atoms with van der Waals surface area (Å²) in [5.74, 6) is -1.55. The number of benzene rings is 2. The molecule has 2 N–H and O–H groups in total. The van der Waals surface area contributed by atoms with Crippen molar-refractivity contribution in [2.45, 2.75) is 20.3 Å². The maximum absolute atomic E-state index is 13.4. The highest BCUT2D eigenvalue weighted by Crippen LogP contribution is 2.15. The van der Waals surface area contributed by atoms with Crippen molar-refractivity contribution in [1.82, 2.24) is 0 Å². The lowest BCUT2D eigenvalue weighted by Crippen LogP contribution is -2.21. The van der Waals surface area contributed by atoms with Crippen molar-refractivity contribution in [3.63, 3.8) is 0 Å². The molecule has 0 aliphatic carbocycles. The minimum atomic E-state index is -0.563. The lowest BCUT2D eigenvalue weighted by molar-refractivity contribution is -0.123. The van der Waals surface area contributed by atoms with Gasteiger partial charge in [-0.15, -0.1) is 0 Å². The molecule has 0 aromatic heterocycles. The van der Waals surface area contributed by atoms with Crippen molar-refractivity contribution in [2.24, 2.45) is 0 Å². The molecule has 114 valence electrons. The molecule has 2 rings (SSSR count). The molecule has 0 heterocycles. The highest BCUT2D eigenvalue weighted by Gasteiger charge is 2.12. The van der Waals surface area contributed by atoms with E-state index in [2.05, 4.69) is 10.6 Å². The fourth-order valence-electron chi connectivity index (χ4n) is 2.15. The van der Waals surface area contributed by atoms with Crippen LogP contribution in [0.15, 0.2) is 42.5 Å². The molecule has 0 fully saturated rings. The van der Waals surface area contributed by atoms with Gasteiger partial charge in [0.1, 0.15) is 12.2 Å². The number of rotatable bonds is 4. The van der Waals surface area contributed by atoms with Crippen LogP contribution in [0.5, 0.6) is 0 Å². The number of anilines is 2. The van der Waals surface area contributed by atoms with Crippen LogP contribution in [0.3, 0.4) is 0 Å². The van der Waals surface area contributed by atoms with Gasteiger partial charge in [-0.2, -0.15) is 0 Å². The standard InChI is InChI=1S/C17H17FN2O2/c1-11-7-12(2)9-13(8-11)19-16(21)10-17(22)20-15-6-4-3-5-14(15)18/h3-9H,10H2,1-2H3,(H,19,21)(H,20,22). The first-order valence-corrected chi connectivity index (χ1v) is 6.86.